The number of hydrogen-bond acceptors (Lipinski definition) is 7. The molecular weight excluding hydrogens is 379 g/mol. The van der Waals surface area contributed by atoms with E-state index in [4.69, 9.17) is 4.74 Å². The second-order valence-electron chi connectivity index (χ2n) is 6.35. The van der Waals surface area contributed by atoms with Crippen LogP contribution in [-0.2, 0) is 24.2 Å². The van der Waals surface area contributed by atoms with Crippen molar-refractivity contribution in [3.63, 3.8) is 0 Å². The van der Waals surface area contributed by atoms with Gasteiger partial charge in [0.15, 0.2) is 22.2 Å². The minimum atomic E-state index is -3.21. The number of hydrazone groups is 1. The number of carbonyl (C=O) groups excluding carboxylic acids is 3. The van der Waals surface area contributed by atoms with E-state index in [1.807, 2.05) is 0 Å². The molecule has 0 unspecified atom stereocenters. The highest BCUT2D eigenvalue weighted by molar-refractivity contribution is 7.91. The molecule has 2 aliphatic rings. The lowest BCUT2D eigenvalue weighted by Crippen LogP contribution is -2.42. The van der Waals surface area contributed by atoms with E-state index in [0.29, 0.717) is 0 Å². The maximum absolute atomic E-state index is 12.9. The van der Waals surface area contributed by atoms with E-state index in [9.17, 15) is 27.2 Å². The molecule has 1 saturated heterocycles. The third-order valence-corrected chi connectivity index (χ3v) is 6.10. The van der Waals surface area contributed by atoms with Gasteiger partial charge in [0.25, 0.3) is 0 Å². The van der Waals surface area contributed by atoms with Gasteiger partial charge >= 0.3 is 5.97 Å². The van der Waals surface area contributed by atoms with Crippen LogP contribution in [0.2, 0.25) is 0 Å². The summed E-state index contributed by atoms with van der Waals surface area (Å²) in [6.07, 6.45) is 0.331. The van der Waals surface area contributed by atoms with Crippen molar-refractivity contribution >= 4 is 33.2 Å². The zero-order chi connectivity index (χ0) is 19.6. The summed E-state index contributed by atoms with van der Waals surface area (Å²) < 4.78 is 41.0. The van der Waals surface area contributed by atoms with E-state index >= 15 is 0 Å². The molecule has 1 aromatic carbocycles. The number of nitrogens with zero attached hydrogens (tertiary/aromatic N) is 2. The standard InChI is InChI=1S/C17H17FN2O6S/c18-12-3-1-11(2-4-12)15(21)9-26-17(23)14-5-6-16(22)20(19-14)13-7-8-27(24,25)10-13/h1-4,13H,5-10H2/t13-/m0/s1. The van der Waals surface area contributed by atoms with Gasteiger partial charge in [0.2, 0.25) is 5.91 Å². The fourth-order valence-corrected chi connectivity index (χ4v) is 4.60. The van der Waals surface area contributed by atoms with Gasteiger partial charge in [-0.3, -0.25) is 9.59 Å². The summed E-state index contributed by atoms with van der Waals surface area (Å²) in [5.74, 6) is -2.40. The number of ketones is 1. The number of benzene rings is 1. The molecule has 0 radical (unpaired) electrons. The third-order valence-electron chi connectivity index (χ3n) is 4.35. The number of Topliss-reactive ketones (excluding diaryl/α,β-unsaturated/α-hetero) is 1. The minimum Gasteiger partial charge on any atom is -0.453 e. The van der Waals surface area contributed by atoms with Crippen molar-refractivity contribution in [2.24, 2.45) is 5.10 Å². The molecule has 8 nitrogen and oxygen atoms in total. The van der Waals surface area contributed by atoms with Crippen LogP contribution in [0, 0.1) is 5.82 Å². The molecule has 0 aliphatic carbocycles. The van der Waals surface area contributed by atoms with Crippen LogP contribution in [0.3, 0.4) is 0 Å². The van der Waals surface area contributed by atoms with Gasteiger partial charge in [-0.25, -0.2) is 22.6 Å². The second kappa shape index (κ2) is 7.55. The fourth-order valence-electron chi connectivity index (χ4n) is 2.91. The number of hydrogen-bond donors (Lipinski definition) is 0. The molecule has 1 aromatic rings. The number of sulfone groups is 1. The quantitative estimate of drug-likeness (QED) is 0.536. The van der Waals surface area contributed by atoms with E-state index < -0.39 is 40.1 Å². The maximum Gasteiger partial charge on any atom is 0.354 e. The largest absolute Gasteiger partial charge is 0.453 e. The van der Waals surface area contributed by atoms with Gasteiger partial charge in [-0.1, -0.05) is 0 Å². The van der Waals surface area contributed by atoms with Gasteiger partial charge in [0, 0.05) is 18.4 Å². The summed E-state index contributed by atoms with van der Waals surface area (Å²) in [4.78, 5) is 36.2. The van der Waals surface area contributed by atoms with Crippen LogP contribution in [0.1, 0.15) is 29.6 Å². The van der Waals surface area contributed by atoms with Crippen molar-refractivity contribution < 1.29 is 31.9 Å². The molecule has 1 atom stereocenters. The lowest BCUT2D eigenvalue weighted by Gasteiger charge is -2.27. The first-order valence-electron chi connectivity index (χ1n) is 8.31. The lowest BCUT2D eigenvalue weighted by atomic mass is 10.1. The summed E-state index contributed by atoms with van der Waals surface area (Å²) in [5, 5.41) is 5.02. The van der Waals surface area contributed by atoms with Crippen LogP contribution < -0.4 is 0 Å². The molecule has 3 rings (SSSR count). The van der Waals surface area contributed by atoms with Gasteiger partial charge in [-0.05, 0) is 30.7 Å². The normalized spacial score (nSPS) is 21.7. The molecule has 2 aliphatic heterocycles. The van der Waals surface area contributed by atoms with Crippen molar-refractivity contribution in [2.75, 3.05) is 18.1 Å². The molecule has 10 heteroatoms. The van der Waals surface area contributed by atoms with Crippen molar-refractivity contribution in [3.8, 4) is 0 Å². The predicted molar refractivity (Wildman–Crippen MR) is 92.3 cm³/mol. The van der Waals surface area contributed by atoms with Crippen molar-refractivity contribution in [2.45, 2.75) is 25.3 Å². The Morgan fingerprint density at radius 3 is 2.56 bits per heavy atom. The van der Waals surface area contributed by atoms with E-state index in [1.165, 1.54) is 12.1 Å². The summed E-state index contributed by atoms with van der Waals surface area (Å²) in [7, 11) is -3.21. The fraction of sp³-hybridized carbons (Fsp3) is 0.412. The van der Waals surface area contributed by atoms with Crippen LogP contribution in [0.5, 0.6) is 0 Å². The Labute approximate surface area is 154 Å². The molecule has 0 saturated carbocycles. The van der Waals surface area contributed by atoms with Crippen LogP contribution in [0.15, 0.2) is 29.4 Å². The molecule has 0 N–H and O–H groups in total. The van der Waals surface area contributed by atoms with Gasteiger partial charge < -0.3 is 4.74 Å². The zero-order valence-electron chi connectivity index (χ0n) is 14.3. The molecule has 27 heavy (non-hydrogen) atoms. The molecular formula is C17H17FN2O6S. The number of ether oxygens (including phenoxy) is 1. The molecule has 0 spiro atoms. The highest BCUT2D eigenvalue weighted by atomic mass is 32.2. The van der Waals surface area contributed by atoms with Crippen molar-refractivity contribution in [3.05, 3.63) is 35.6 Å². The molecule has 1 amide bonds. The Hall–Kier alpha value is -2.62. The van der Waals surface area contributed by atoms with E-state index in [1.54, 1.807) is 0 Å². The monoisotopic (exact) mass is 396 g/mol. The lowest BCUT2D eigenvalue weighted by molar-refractivity contribution is -0.136. The Morgan fingerprint density at radius 1 is 1.22 bits per heavy atom. The number of rotatable bonds is 5. The molecule has 1 fully saturated rings. The first-order valence-corrected chi connectivity index (χ1v) is 10.1. The van der Waals surface area contributed by atoms with Crippen molar-refractivity contribution in [1.29, 1.82) is 0 Å². The summed E-state index contributed by atoms with van der Waals surface area (Å²) in [5.41, 5.74) is 0.161. The number of halogens is 1. The van der Waals surface area contributed by atoms with E-state index in [2.05, 4.69) is 5.10 Å². The van der Waals surface area contributed by atoms with Crippen LogP contribution >= 0.6 is 0 Å². The summed E-state index contributed by atoms with van der Waals surface area (Å²) >= 11 is 0. The van der Waals surface area contributed by atoms with Crippen LogP contribution in [-0.4, -0.2) is 61.0 Å². The average Bonchev–Trinajstić information content (AvgIpc) is 3.00. The van der Waals surface area contributed by atoms with Crippen LogP contribution in [0.25, 0.3) is 0 Å². The highest BCUT2D eigenvalue weighted by Crippen LogP contribution is 2.22. The van der Waals surface area contributed by atoms with Gasteiger partial charge in [-0.2, -0.15) is 5.10 Å². The number of esters is 1. The molecule has 0 bridgehead atoms. The summed E-state index contributed by atoms with van der Waals surface area (Å²) in [6, 6.07) is 4.22. The smallest absolute Gasteiger partial charge is 0.354 e. The second-order valence-corrected chi connectivity index (χ2v) is 8.58. The Morgan fingerprint density at radius 2 is 1.93 bits per heavy atom. The van der Waals surface area contributed by atoms with Gasteiger partial charge in [0.05, 0.1) is 17.5 Å². The zero-order valence-corrected chi connectivity index (χ0v) is 15.1. The van der Waals surface area contributed by atoms with Gasteiger partial charge in [0.1, 0.15) is 11.5 Å². The molecule has 2 heterocycles. The summed E-state index contributed by atoms with van der Waals surface area (Å²) in [6.45, 7) is -0.546. The van der Waals surface area contributed by atoms with E-state index in [0.717, 1.165) is 17.1 Å². The first kappa shape index (κ1) is 19.2. The minimum absolute atomic E-state index is 0.0103. The van der Waals surface area contributed by atoms with E-state index in [-0.39, 0.29) is 48.0 Å². The molecule has 0 aromatic heterocycles. The Bertz CT molecular complexity index is 910. The first-order chi connectivity index (χ1) is 12.7. The third kappa shape index (κ3) is 4.57. The SMILES string of the molecule is O=C(OCC(=O)c1ccc(F)cc1)C1=NN([C@H]2CCS(=O)(=O)C2)C(=O)CC1. The van der Waals surface area contributed by atoms with Gasteiger partial charge in [-0.15, -0.1) is 0 Å². The van der Waals surface area contributed by atoms with Crippen LogP contribution in [0.4, 0.5) is 4.39 Å². The van der Waals surface area contributed by atoms with Crippen molar-refractivity contribution in [1.82, 2.24) is 5.01 Å². The maximum atomic E-state index is 12.9. The average molecular weight is 396 g/mol. The molecule has 144 valence electrons. The topological polar surface area (TPSA) is 110 Å². The highest BCUT2D eigenvalue weighted by Gasteiger charge is 2.37. The number of amides is 1. The Kier molecular flexibility index (Phi) is 5.36. The Balaban J connectivity index is 1.63. The number of carbonyl (C=O) groups is 3. The predicted octanol–water partition coefficient (Wildman–Crippen LogP) is 0.717.